The molecule has 0 aliphatic heterocycles. The largest absolute Gasteiger partial charge is 0.312 e. The van der Waals surface area contributed by atoms with Gasteiger partial charge in [-0.1, -0.05) is 50.0 Å². The summed E-state index contributed by atoms with van der Waals surface area (Å²) >= 11 is 14.0. The summed E-state index contributed by atoms with van der Waals surface area (Å²) in [6.07, 6.45) is 0.756. The van der Waals surface area contributed by atoms with Gasteiger partial charge in [-0.15, -0.1) is 11.3 Å². The molecule has 5 heteroatoms. The fraction of sp³-hybridized carbons (Fsp3) is 0.438. The third-order valence-electron chi connectivity index (χ3n) is 3.21. The van der Waals surface area contributed by atoms with E-state index in [9.17, 15) is 0 Å². The van der Waals surface area contributed by atoms with Crippen LogP contribution in [0.1, 0.15) is 47.8 Å². The van der Waals surface area contributed by atoms with Crippen molar-refractivity contribution in [2.75, 3.05) is 6.54 Å². The molecule has 114 valence electrons. The standard InChI is InChI=1S/C16H20Cl2N2S/c1-4-19-9-14-16(10(2)3)20-15(21-14)7-11-5-6-12(17)8-13(11)18/h5-6,8,10,19H,4,7,9H2,1-3H3. The first-order chi connectivity index (χ1) is 10.0. The molecular weight excluding hydrogens is 323 g/mol. The van der Waals surface area contributed by atoms with Gasteiger partial charge < -0.3 is 5.32 Å². The summed E-state index contributed by atoms with van der Waals surface area (Å²) in [5.41, 5.74) is 2.26. The van der Waals surface area contributed by atoms with Crippen LogP contribution in [-0.2, 0) is 13.0 Å². The number of hydrogen-bond donors (Lipinski definition) is 1. The second-order valence-corrected chi connectivity index (χ2v) is 7.28. The topological polar surface area (TPSA) is 24.9 Å². The van der Waals surface area contributed by atoms with Crippen molar-refractivity contribution in [1.82, 2.24) is 10.3 Å². The predicted octanol–water partition coefficient (Wildman–Crippen LogP) is 5.27. The van der Waals surface area contributed by atoms with Crippen molar-refractivity contribution in [3.63, 3.8) is 0 Å². The number of nitrogens with zero attached hydrogens (tertiary/aromatic N) is 1. The second-order valence-electron chi connectivity index (χ2n) is 5.26. The highest BCUT2D eigenvalue weighted by molar-refractivity contribution is 7.11. The molecule has 0 saturated carbocycles. The van der Waals surface area contributed by atoms with Gasteiger partial charge in [-0.05, 0) is 30.2 Å². The Morgan fingerprint density at radius 1 is 1.29 bits per heavy atom. The summed E-state index contributed by atoms with van der Waals surface area (Å²) in [7, 11) is 0. The summed E-state index contributed by atoms with van der Waals surface area (Å²) in [6.45, 7) is 8.33. The normalized spacial score (nSPS) is 11.3. The fourth-order valence-corrected chi connectivity index (χ4v) is 3.83. The molecule has 0 aliphatic rings. The first-order valence-electron chi connectivity index (χ1n) is 7.14. The van der Waals surface area contributed by atoms with E-state index in [1.807, 2.05) is 12.1 Å². The van der Waals surface area contributed by atoms with Gasteiger partial charge in [0.1, 0.15) is 0 Å². The van der Waals surface area contributed by atoms with E-state index >= 15 is 0 Å². The second kappa shape index (κ2) is 7.59. The highest BCUT2D eigenvalue weighted by atomic mass is 35.5. The van der Waals surface area contributed by atoms with E-state index in [0.717, 1.165) is 30.1 Å². The third kappa shape index (κ3) is 4.43. The molecule has 21 heavy (non-hydrogen) atoms. The minimum Gasteiger partial charge on any atom is -0.312 e. The van der Waals surface area contributed by atoms with Crippen LogP contribution in [-0.4, -0.2) is 11.5 Å². The minimum absolute atomic E-state index is 0.435. The zero-order valence-electron chi connectivity index (χ0n) is 12.5. The Labute approximate surface area is 140 Å². The molecule has 1 aromatic carbocycles. The SMILES string of the molecule is CCNCc1sc(Cc2ccc(Cl)cc2Cl)nc1C(C)C. The molecule has 2 aromatic rings. The molecule has 0 fully saturated rings. The van der Waals surface area contributed by atoms with Crippen LogP contribution in [0.25, 0.3) is 0 Å². The van der Waals surface area contributed by atoms with Gasteiger partial charge in [0.15, 0.2) is 0 Å². The Morgan fingerprint density at radius 3 is 2.67 bits per heavy atom. The molecule has 1 N–H and O–H groups in total. The maximum absolute atomic E-state index is 6.25. The highest BCUT2D eigenvalue weighted by Gasteiger charge is 2.15. The molecule has 0 atom stereocenters. The molecule has 2 rings (SSSR count). The summed E-state index contributed by atoms with van der Waals surface area (Å²) in [6, 6.07) is 5.64. The van der Waals surface area contributed by atoms with Gasteiger partial charge in [-0.3, -0.25) is 0 Å². The zero-order valence-corrected chi connectivity index (χ0v) is 14.9. The third-order valence-corrected chi connectivity index (χ3v) is 4.87. The number of aromatic nitrogens is 1. The van der Waals surface area contributed by atoms with Crippen molar-refractivity contribution >= 4 is 34.5 Å². The first kappa shape index (κ1) is 16.8. The minimum atomic E-state index is 0.435. The first-order valence-corrected chi connectivity index (χ1v) is 8.71. The van der Waals surface area contributed by atoms with Gasteiger partial charge in [-0.25, -0.2) is 4.98 Å². The van der Waals surface area contributed by atoms with Gasteiger partial charge in [0, 0.05) is 27.9 Å². The number of nitrogens with one attached hydrogen (secondary N) is 1. The van der Waals surface area contributed by atoms with Crippen molar-refractivity contribution in [2.24, 2.45) is 0 Å². The van der Waals surface area contributed by atoms with Crippen LogP contribution in [0.4, 0.5) is 0 Å². The van der Waals surface area contributed by atoms with Crippen LogP contribution in [0.3, 0.4) is 0 Å². The Hall–Kier alpha value is -0.610. The van der Waals surface area contributed by atoms with Crippen LogP contribution in [0.15, 0.2) is 18.2 Å². The average molecular weight is 343 g/mol. The van der Waals surface area contributed by atoms with Crippen molar-refractivity contribution in [1.29, 1.82) is 0 Å². The van der Waals surface area contributed by atoms with Gasteiger partial charge in [0.05, 0.1) is 10.7 Å². The molecule has 1 heterocycles. The molecule has 0 unspecified atom stereocenters. The van der Waals surface area contributed by atoms with E-state index in [1.165, 1.54) is 10.6 Å². The van der Waals surface area contributed by atoms with Crippen LogP contribution < -0.4 is 5.32 Å². The molecule has 0 spiro atoms. The molecule has 1 aromatic heterocycles. The number of rotatable bonds is 6. The predicted molar refractivity (Wildman–Crippen MR) is 92.9 cm³/mol. The van der Waals surface area contributed by atoms with Crippen molar-refractivity contribution in [3.8, 4) is 0 Å². The van der Waals surface area contributed by atoms with Crippen LogP contribution in [0.2, 0.25) is 10.0 Å². The Kier molecular flexibility index (Phi) is 6.06. The van der Waals surface area contributed by atoms with E-state index in [0.29, 0.717) is 16.0 Å². The Balaban J connectivity index is 2.23. The van der Waals surface area contributed by atoms with Gasteiger partial charge in [-0.2, -0.15) is 0 Å². The average Bonchev–Trinajstić information content (AvgIpc) is 2.83. The Bertz CT molecular complexity index is 608. The van der Waals surface area contributed by atoms with Gasteiger partial charge in [0.2, 0.25) is 0 Å². The molecule has 0 saturated heterocycles. The van der Waals surface area contributed by atoms with E-state index in [4.69, 9.17) is 28.2 Å². The van der Waals surface area contributed by atoms with Crippen molar-refractivity contribution in [2.45, 2.75) is 39.7 Å². The zero-order chi connectivity index (χ0) is 15.4. The lowest BCUT2D eigenvalue weighted by atomic mass is 10.1. The number of halogens is 2. The molecular formula is C16H20Cl2N2S. The summed E-state index contributed by atoms with van der Waals surface area (Å²) in [5, 5.41) is 5.86. The summed E-state index contributed by atoms with van der Waals surface area (Å²) in [5.74, 6) is 0.435. The van der Waals surface area contributed by atoms with Crippen molar-refractivity contribution < 1.29 is 0 Å². The van der Waals surface area contributed by atoms with E-state index in [1.54, 1.807) is 17.4 Å². The van der Waals surface area contributed by atoms with E-state index < -0.39 is 0 Å². The summed E-state index contributed by atoms with van der Waals surface area (Å²) in [4.78, 5) is 6.13. The smallest absolute Gasteiger partial charge is 0.0976 e. The Morgan fingerprint density at radius 2 is 2.05 bits per heavy atom. The number of benzene rings is 1. The molecule has 2 nitrogen and oxygen atoms in total. The number of hydrogen-bond acceptors (Lipinski definition) is 3. The molecule has 0 amide bonds. The van der Waals surface area contributed by atoms with E-state index in [2.05, 4.69) is 26.1 Å². The lowest BCUT2D eigenvalue weighted by Crippen LogP contribution is -2.12. The summed E-state index contributed by atoms with van der Waals surface area (Å²) < 4.78 is 0. The van der Waals surface area contributed by atoms with Crippen LogP contribution in [0, 0.1) is 0 Å². The van der Waals surface area contributed by atoms with Crippen molar-refractivity contribution in [3.05, 3.63) is 49.4 Å². The highest BCUT2D eigenvalue weighted by Crippen LogP contribution is 2.29. The van der Waals surface area contributed by atoms with Crippen LogP contribution >= 0.6 is 34.5 Å². The maximum Gasteiger partial charge on any atom is 0.0976 e. The molecule has 0 radical (unpaired) electrons. The van der Waals surface area contributed by atoms with Crippen LogP contribution in [0.5, 0.6) is 0 Å². The lowest BCUT2D eigenvalue weighted by Gasteiger charge is -2.04. The van der Waals surface area contributed by atoms with Gasteiger partial charge in [0.25, 0.3) is 0 Å². The van der Waals surface area contributed by atoms with E-state index in [-0.39, 0.29) is 0 Å². The molecule has 0 bridgehead atoms. The van der Waals surface area contributed by atoms with Gasteiger partial charge >= 0.3 is 0 Å². The lowest BCUT2D eigenvalue weighted by molar-refractivity contribution is 0.713. The number of thiazole rings is 1. The fourth-order valence-electron chi connectivity index (χ4n) is 2.13. The maximum atomic E-state index is 6.25. The monoisotopic (exact) mass is 342 g/mol. The molecule has 0 aliphatic carbocycles. The quantitative estimate of drug-likeness (QED) is 0.772.